The summed E-state index contributed by atoms with van der Waals surface area (Å²) in [7, 11) is -3.76. The van der Waals surface area contributed by atoms with Crippen LogP contribution in [0.4, 0.5) is 0 Å². The van der Waals surface area contributed by atoms with Crippen LogP contribution in [0.5, 0.6) is 0 Å². The highest BCUT2D eigenvalue weighted by molar-refractivity contribution is 7.89. The summed E-state index contributed by atoms with van der Waals surface area (Å²) in [6, 6.07) is 1.12. The van der Waals surface area contributed by atoms with Crippen molar-refractivity contribution in [2.45, 2.75) is 37.6 Å². The highest BCUT2D eigenvalue weighted by Gasteiger charge is 2.20. The number of nitrogens with one attached hydrogen (secondary N) is 1. The summed E-state index contributed by atoms with van der Waals surface area (Å²) in [6.45, 7) is 2.24. The summed E-state index contributed by atoms with van der Waals surface area (Å²) in [5.74, 6) is -1.61. The number of carbonyl (C=O) groups is 2. The van der Waals surface area contributed by atoms with Crippen molar-refractivity contribution in [3.63, 3.8) is 0 Å². The monoisotopic (exact) mass is 317 g/mol. The van der Waals surface area contributed by atoms with Crippen molar-refractivity contribution in [3.05, 3.63) is 18.0 Å². The number of sulfonamides is 1. The van der Waals surface area contributed by atoms with Crippen LogP contribution in [0.2, 0.25) is 0 Å². The summed E-state index contributed by atoms with van der Waals surface area (Å²) in [5, 5.41) is 8.99. The predicted molar refractivity (Wildman–Crippen MR) is 75.3 cm³/mol. The summed E-state index contributed by atoms with van der Waals surface area (Å²) in [4.78, 5) is 21.5. The average molecular weight is 317 g/mol. The molecule has 0 aliphatic rings. The van der Waals surface area contributed by atoms with Gasteiger partial charge in [-0.05, 0) is 25.8 Å². The van der Waals surface area contributed by atoms with E-state index in [1.165, 1.54) is 10.8 Å². The van der Waals surface area contributed by atoms with E-state index in [-0.39, 0.29) is 23.6 Å². The lowest BCUT2D eigenvalue weighted by molar-refractivity contribution is -0.118. The molecule has 0 aromatic carbocycles. The lowest BCUT2D eigenvalue weighted by Gasteiger charge is -2.04. The van der Waals surface area contributed by atoms with E-state index in [2.05, 4.69) is 4.72 Å². The third-order valence-corrected chi connectivity index (χ3v) is 4.31. The molecule has 4 N–H and O–H groups in total. The van der Waals surface area contributed by atoms with Gasteiger partial charge in [-0.3, -0.25) is 4.79 Å². The molecule has 0 fully saturated rings. The minimum absolute atomic E-state index is 0.0772. The van der Waals surface area contributed by atoms with E-state index in [0.717, 1.165) is 6.07 Å². The van der Waals surface area contributed by atoms with Gasteiger partial charge in [0.25, 0.3) is 0 Å². The van der Waals surface area contributed by atoms with Crippen LogP contribution in [0.25, 0.3) is 0 Å². The number of aryl methyl sites for hydroxylation is 1. The van der Waals surface area contributed by atoms with Gasteiger partial charge in [-0.15, -0.1) is 0 Å². The standard InChI is InChI=1S/C12H19N3O5S/c1-2-15-8-9(7-10(15)12(17)18)21(19,20)14-6-4-3-5-11(13)16/h7-8,14H,2-6H2,1H3,(H2,13,16)(H,17,18). The fraction of sp³-hybridized carbons (Fsp3) is 0.500. The van der Waals surface area contributed by atoms with Crippen molar-refractivity contribution in [1.29, 1.82) is 0 Å². The van der Waals surface area contributed by atoms with Crippen LogP contribution in [-0.2, 0) is 21.4 Å². The van der Waals surface area contributed by atoms with E-state index >= 15 is 0 Å². The van der Waals surface area contributed by atoms with Gasteiger partial charge in [0.1, 0.15) is 10.6 Å². The number of aromatic nitrogens is 1. The Morgan fingerprint density at radius 1 is 1.38 bits per heavy atom. The zero-order valence-corrected chi connectivity index (χ0v) is 12.5. The number of unbranched alkanes of at least 4 members (excludes halogenated alkanes) is 1. The van der Waals surface area contributed by atoms with Gasteiger partial charge in [-0.25, -0.2) is 17.9 Å². The molecule has 1 heterocycles. The van der Waals surface area contributed by atoms with Crippen molar-refractivity contribution in [1.82, 2.24) is 9.29 Å². The van der Waals surface area contributed by atoms with E-state index in [1.807, 2.05) is 0 Å². The second-order valence-corrected chi connectivity index (χ2v) is 6.24. The number of nitrogens with zero attached hydrogens (tertiary/aromatic N) is 1. The molecule has 0 aliphatic heterocycles. The summed E-state index contributed by atoms with van der Waals surface area (Å²) >= 11 is 0. The maximum absolute atomic E-state index is 12.0. The van der Waals surface area contributed by atoms with Gasteiger partial charge in [0.05, 0.1) is 0 Å². The van der Waals surface area contributed by atoms with Gasteiger partial charge in [-0.2, -0.15) is 0 Å². The molecule has 8 nitrogen and oxygen atoms in total. The number of hydrogen-bond donors (Lipinski definition) is 3. The van der Waals surface area contributed by atoms with E-state index < -0.39 is 21.9 Å². The molecule has 0 unspecified atom stereocenters. The molecule has 0 atom stereocenters. The molecule has 118 valence electrons. The predicted octanol–water partition coefficient (Wildman–Crippen LogP) is 0.140. The largest absolute Gasteiger partial charge is 0.477 e. The Morgan fingerprint density at radius 3 is 2.52 bits per heavy atom. The minimum Gasteiger partial charge on any atom is -0.477 e. The Kier molecular flexibility index (Phi) is 5.91. The van der Waals surface area contributed by atoms with Crippen LogP contribution < -0.4 is 10.5 Å². The number of amides is 1. The molecule has 1 amide bonds. The van der Waals surface area contributed by atoms with Gasteiger partial charge in [0.15, 0.2) is 0 Å². The highest BCUT2D eigenvalue weighted by Crippen LogP contribution is 2.14. The van der Waals surface area contributed by atoms with E-state index in [1.54, 1.807) is 6.92 Å². The Bertz CT molecular complexity index is 621. The molecule has 9 heteroatoms. The molecule has 21 heavy (non-hydrogen) atoms. The summed E-state index contributed by atoms with van der Waals surface area (Å²) < 4.78 is 27.8. The van der Waals surface area contributed by atoms with Gasteiger partial charge >= 0.3 is 5.97 Å². The average Bonchev–Trinajstić information content (AvgIpc) is 2.82. The maximum Gasteiger partial charge on any atom is 0.352 e. The lowest BCUT2D eigenvalue weighted by Crippen LogP contribution is -2.24. The number of carboxylic acids is 1. The molecule has 1 rings (SSSR count). The number of carboxylic acid groups (broad SMARTS) is 1. The zero-order chi connectivity index (χ0) is 16.0. The van der Waals surface area contributed by atoms with Crippen LogP contribution in [-0.4, -0.2) is 36.5 Å². The van der Waals surface area contributed by atoms with E-state index in [4.69, 9.17) is 10.8 Å². The number of aromatic carboxylic acids is 1. The summed E-state index contributed by atoms with van der Waals surface area (Å²) in [6.07, 6.45) is 2.46. The molecule has 0 bridgehead atoms. The fourth-order valence-corrected chi connectivity index (χ4v) is 2.90. The third kappa shape index (κ3) is 4.87. The number of primary amides is 1. The minimum atomic E-state index is -3.76. The number of nitrogens with two attached hydrogens (primary N) is 1. The second-order valence-electron chi connectivity index (χ2n) is 4.47. The van der Waals surface area contributed by atoms with Crippen molar-refractivity contribution in [2.24, 2.45) is 5.73 Å². The van der Waals surface area contributed by atoms with Crippen molar-refractivity contribution in [2.75, 3.05) is 6.54 Å². The molecule has 0 aliphatic carbocycles. The molecular weight excluding hydrogens is 298 g/mol. The molecule has 1 aromatic rings. The Labute approximate surface area is 123 Å². The third-order valence-electron chi connectivity index (χ3n) is 2.88. The van der Waals surface area contributed by atoms with Crippen LogP contribution in [0.15, 0.2) is 17.2 Å². The van der Waals surface area contributed by atoms with Gasteiger partial charge < -0.3 is 15.4 Å². The second kappa shape index (κ2) is 7.23. The number of rotatable bonds is 9. The SMILES string of the molecule is CCn1cc(S(=O)(=O)NCCCCC(N)=O)cc1C(=O)O. The molecule has 1 aromatic heterocycles. The molecule has 0 spiro atoms. The Hall–Kier alpha value is -1.87. The number of carbonyl (C=O) groups excluding carboxylic acids is 1. The quantitative estimate of drug-likeness (QED) is 0.557. The lowest BCUT2D eigenvalue weighted by atomic mass is 10.2. The van der Waals surface area contributed by atoms with Crippen molar-refractivity contribution < 1.29 is 23.1 Å². The van der Waals surface area contributed by atoms with Gasteiger partial charge in [0.2, 0.25) is 15.9 Å². The normalized spacial score (nSPS) is 11.5. The first-order valence-electron chi connectivity index (χ1n) is 6.49. The van der Waals surface area contributed by atoms with E-state index in [0.29, 0.717) is 19.4 Å². The highest BCUT2D eigenvalue weighted by atomic mass is 32.2. The summed E-state index contributed by atoms with van der Waals surface area (Å²) in [5.41, 5.74) is 4.90. The number of hydrogen-bond acceptors (Lipinski definition) is 4. The smallest absolute Gasteiger partial charge is 0.352 e. The first-order valence-corrected chi connectivity index (χ1v) is 7.97. The fourth-order valence-electron chi connectivity index (χ4n) is 1.79. The Balaban J connectivity index is 2.70. The van der Waals surface area contributed by atoms with Crippen molar-refractivity contribution >= 4 is 21.9 Å². The van der Waals surface area contributed by atoms with Crippen molar-refractivity contribution in [3.8, 4) is 0 Å². The first-order chi connectivity index (χ1) is 9.77. The van der Waals surface area contributed by atoms with Gasteiger partial charge in [0, 0.05) is 25.7 Å². The van der Waals surface area contributed by atoms with Crippen LogP contribution in [0, 0.1) is 0 Å². The Morgan fingerprint density at radius 2 is 2.05 bits per heavy atom. The molecule has 0 radical (unpaired) electrons. The maximum atomic E-state index is 12.0. The van der Waals surface area contributed by atoms with Crippen LogP contribution in [0.1, 0.15) is 36.7 Å². The van der Waals surface area contributed by atoms with E-state index in [9.17, 15) is 18.0 Å². The molecular formula is C12H19N3O5S. The van der Waals surface area contributed by atoms with Crippen LogP contribution >= 0.6 is 0 Å². The molecule has 0 saturated carbocycles. The molecule has 0 saturated heterocycles. The van der Waals surface area contributed by atoms with Gasteiger partial charge in [-0.1, -0.05) is 0 Å². The zero-order valence-electron chi connectivity index (χ0n) is 11.7. The first kappa shape index (κ1) is 17.2. The van der Waals surface area contributed by atoms with Crippen LogP contribution in [0.3, 0.4) is 0 Å². The topological polar surface area (TPSA) is 131 Å².